The van der Waals surface area contributed by atoms with Crippen LogP contribution in [0.5, 0.6) is 0 Å². The van der Waals surface area contributed by atoms with E-state index < -0.39 is 0 Å². The van der Waals surface area contributed by atoms with Crippen molar-refractivity contribution >= 4 is 16.9 Å². The molecular weight excluding hydrogens is 252 g/mol. The molecule has 0 aromatic carbocycles. The smallest absolute Gasteiger partial charge is 0.157 e. The molecule has 1 saturated heterocycles. The molecule has 2 nitrogen and oxygen atoms in total. The molecule has 1 heterocycles. The van der Waals surface area contributed by atoms with E-state index in [0.29, 0.717) is 11.6 Å². The van der Waals surface area contributed by atoms with Crippen LogP contribution in [0.1, 0.15) is 66.2 Å². The Morgan fingerprint density at radius 1 is 1.42 bits per heavy atom. The van der Waals surface area contributed by atoms with E-state index >= 15 is 0 Å². The standard InChI is InChI=1S/C16H30N2S/c1-5-14(6-2)13(4)17-15-18-16(11-19-15)9-7-8-12(3)10-16/h12-14H,5-11H2,1-4H3,(H,17,18). The van der Waals surface area contributed by atoms with Crippen molar-refractivity contribution in [3.8, 4) is 0 Å². The zero-order valence-electron chi connectivity index (χ0n) is 13.0. The predicted molar refractivity (Wildman–Crippen MR) is 86.9 cm³/mol. The van der Waals surface area contributed by atoms with Crippen molar-refractivity contribution in [1.29, 1.82) is 0 Å². The first-order valence-corrected chi connectivity index (χ1v) is 9.06. The van der Waals surface area contributed by atoms with Crippen LogP contribution in [0.4, 0.5) is 0 Å². The Morgan fingerprint density at radius 3 is 2.79 bits per heavy atom. The van der Waals surface area contributed by atoms with Crippen LogP contribution in [0.15, 0.2) is 4.99 Å². The topological polar surface area (TPSA) is 24.4 Å². The third-order valence-electron chi connectivity index (χ3n) is 5.00. The third-order valence-corrected chi connectivity index (χ3v) is 6.18. The summed E-state index contributed by atoms with van der Waals surface area (Å²) in [5, 5.41) is 5.00. The van der Waals surface area contributed by atoms with Gasteiger partial charge in [0, 0.05) is 11.3 Å². The first-order valence-electron chi connectivity index (χ1n) is 8.07. The van der Waals surface area contributed by atoms with Gasteiger partial charge in [0.25, 0.3) is 0 Å². The van der Waals surface area contributed by atoms with Crippen LogP contribution in [0.3, 0.4) is 0 Å². The molecule has 1 saturated carbocycles. The van der Waals surface area contributed by atoms with Gasteiger partial charge < -0.3 is 5.32 Å². The maximum absolute atomic E-state index is 4.96. The molecule has 3 atom stereocenters. The number of thioether (sulfide) groups is 1. The number of rotatable bonds is 4. The van der Waals surface area contributed by atoms with E-state index in [0.717, 1.165) is 11.8 Å². The minimum atomic E-state index is 0.370. The number of amidine groups is 1. The minimum absolute atomic E-state index is 0.370. The highest BCUT2D eigenvalue weighted by atomic mass is 32.2. The first kappa shape index (κ1) is 15.2. The van der Waals surface area contributed by atoms with Crippen LogP contribution in [-0.2, 0) is 0 Å². The van der Waals surface area contributed by atoms with Crippen molar-refractivity contribution in [2.75, 3.05) is 5.75 Å². The van der Waals surface area contributed by atoms with Crippen LogP contribution in [-0.4, -0.2) is 22.5 Å². The summed E-state index contributed by atoms with van der Waals surface area (Å²) in [6, 6.07) is 0.459. The molecule has 0 amide bonds. The summed E-state index contributed by atoms with van der Waals surface area (Å²) in [6.07, 6.45) is 7.93. The maximum atomic E-state index is 4.96. The lowest BCUT2D eigenvalue weighted by molar-refractivity contribution is 0.242. The molecule has 19 heavy (non-hydrogen) atoms. The second kappa shape index (κ2) is 6.51. The normalized spacial score (nSPS) is 35.0. The molecule has 0 radical (unpaired) electrons. The zero-order valence-corrected chi connectivity index (χ0v) is 13.9. The molecule has 2 aliphatic rings. The fourth-order valence-electron chi connectivity index (χ4n) is 3.74. The molecule has 1 aliphatic heterocycles. The second-order valence-corrected chi connectivity index (χ2v) is 7.61. The van der Waals surface area contributed by atoms with Gasteiger partial charge in [-0.05, 0) is 31.6 Å². The number of nitrogens with one attached hydrogen (secondary N) is 1. The van der Waals surface area contributed by atoms with E-state index in [-0.39, 0.29) is 0 Å². The lowest BCUT2D eigenvalue weighted by atomic mass is 9.78. The second-order valence-electron chi connectivity index (χ2n) is 6.65. The van der Waals surface area contributed by atoms with Gasteiger partial charge in [0.2, 0.25) is 0 Å². The Kier molecular flexibility index (Phi) is 5.22. The van der Waals surface area contributed by atoms with E-state index in [1.807, 2.05) is 11.8 Å². The van der Waals surface area contributed by atoms with Crippen molar-refractivity contribution in [2.45, 2.75) is 77.8 Å². The fraction of sp³-hybridized carbons (Fsp3) is 0.938. The van der Waals surface area contributed by atoms with E-state index in [1.54, 1.807) is 0 Å². The fourth-order valence-corrected chi connectivity index (χ4v) is 5.02. The van der Waals surface area contributed by atoms with Gasteiger partial charge in [0.05, 0.1) is 6.04 Å². The molecule has 3 unspecified atom stereocenters. The number of hydrogen-bond acceptors (Lipinski definition) is 2. The van der Waals surface area contributed by atoms with E-state index in [4.69, 9.17) is 4.99 Å². The lowest BCUT2D eigenvalue weighted by Gasteiger charge is -2.36. The average molecular weight is 282 g/mol. The van der Waals surface area contributed by atoms with Crippen molar-refractivity contribution in [3.63, 3.8) is 0 Å². The molecule has 2 rings (SSSR count). The van der Waals surface area contributed by atoms with Crippen molar-refractivity contribution in [1.82, 2.24) is 5.32 Å². The highest BCUT2D eigenvalue weighted by Crippen LogP contribution is 2.39. The highest BCUT2D eigenvalue weighted by molar-refractivity contribution is 8.14. The zero-order chi connectivity index (χ0) is 13.9. The summed E-state index contributed by atoms with van der Waals surface area (Å²) < 4.78 is 0. The van der Waals surface area contributed by atoms with Crippen LogP contribution in [0.25, 0.3) is 0 Å². The lowest BCUT2D eigenvalue weighted by Crippen LogP contribution is -2.47. The van der Waals surface area contributed by atoms with Crippen LogP contribution >= 0.6 is 11.8 Å². The van der Waals surface area contributed by atoms with Crippen LogP contribution in [0, 0.1) is 11.8 Å². The molecule has 0 aromatic rings. The molecule has 110 valence electrons. The number of hydrogen-bond donors (Lipinski definition) is 1. The summed E-state index contributed by atoms with van der Waals surface area (Å²) in [7, 11) is 0. The molecule has 1 aliphatic carbocycles. The first-order chi connectivity index (χ1) is 9.08. The van der Waals surface area contributed by atoms with Gasteiger partial charge in [-0.1, -0.05) is 58.2 Å². The van der Waals surface area contributed by atoms with Crippen LogP contribution < -0.4 is 5.32 Å². The summed E-state index contributed by atoms with van der Waals surface area (Å²) >= 11 is 1.96. The van der Waals surface area contributed by atoms with Crippen molar-refractivity contribution in [2.24, 2.45) is 16.8 Å². The van der Waals surface area contributed by atoms with Crippen molar-refractivity contribution in [3.05, 3.63) is 0 Å². The largest absolute Gasteiger partial charge is 0.359 e. The molecule has 1 spiro atoms. The Hall–Kier alpha value is -0.180. The Labute approximate surface area is 123 Å². The highest BCUT2D eigenvalue weighted by Gasteiger charge is 2.40. The monoisotopic (exact) mass is 282 g/mol. The van der Waals surface area contributed by atoms with Gasteiger partial charge in [-0.3, -0.25) is 4.99 Å². The average Bonchev–Trinajstić information content (AvgIpc) is 2.73. The molecule has 0 aromatic heterocycles. The van der Waals surface area contributed by atoms with Gasteiger partial charge in [-0.25, -0.2) is 0 Å². The summed E-state index contributed by atoms with van der Waals surface area (Å²) in [6.45, 7) is 9.24. The summed E-state index contributed by atoms with van der Waals surface area (Å²) in [5.41, 5.74) is 0.370. The SMILES string of the molecule is CCC(CC)C(C)N=C1NC2(CCCC(C)C2)CS1. The van der Waals surface area contributed by atoms with E-state index in [1.165, 1.54) is 49.4 Å². The van der Waals surface area contributed by atoms with Gasteiger partial charge in [-0.15, -0.1) is 0 Å². The van der Waals surface area contributed by atoms with Gasteiger partial charge in [-0.2, -0.15) is 0 Å². The van der Waals surface area contributed by atoms with E-state index in [9.17, 15) is 0 Å². The Morgan fingerprint density at radius 2 is 2.16 bits per heavy atom. The quantitative estimate of drug-likeness (QED) is 0.823. The van der Waals surface area contributed by atoms with Gasteiger partial charge in [0.1, 0.15) is 0 Å². The Bertz CT molecular complexity index is 325. The third kappa shape index (κ3) is 3.68. The number of aliphatic imine (C=N–C) groups is 1. The molecule has 2 fully saturated rings. The summed E-state index contributed by atoms with van der Waals surface area (Å²) in [5.74, 6) is 2.83. The van der Waals surface area contributed by atoms with Gasteiger partial charge >= 0.3 is 0 Å². The molecular formula is C16H30N2S. The Balaban J connectivity index is 1.97. The molecule has 3 heteroatoms. The minimum Gasteiger partial charge on any atom is -0.359 e. The van der Waals surface area contributed by atoms with Crippen LogP contribution in [0.2, 0.25) is 0 Å². The summed E-state index contributed by atoms with van der Waals surface area (Å²) in [4.78, 5) is 4.96. The van der Waals surface area contributed by atoms with Gasteiger partial charge in [0.15, 0.2) is 5.17 Å². The maximum Gasteiger partial charge on any atom is 0.157 e. The van der Waals surface area contributed by atoms with Crippen molar-refractivity contribution < 1.29 is 0 Å². The molecule has 1 N–H and O–H groups in total. The molecule has 0 bridgehead atoms. The predicted octanol–water partition coefficient (Wildman–Crippen LogP) is 4.45. The number of nitrogens with zero attached hydrogens (tertiary/aromatic N) is 1. The van der Waals surface area contributed by atoms with E-state index in [2.05, 4.69) is 33.0 Å².